The molecule has 0 amide bonds. The second-order valence-electron chi connectivity index (χ2n) is 3.69. The largest absolute Gasteiger partial charge is 0.490 e. The molecule has 0 saturated heterocycles. The lowest BCUT2D eigenvalue weighted by atomic mass is 10.2. The van der Waals surface area contributed by atoms with Crippen LogP contribution >= 0.6 is 31.9 Å². The number of oxime groups is 1. The summed E-state index contributed by atoms with van der Waals surface area (Å²) in [5, 5.41) is 11.7. The van der Waals surface area contributed by atoms with E-state index in [9.17, 15) is 4.79 Å². The van der Waals surface area contributed by atoms with E-state index in [-0.39, 0.29) is 13.2 Å². The molecule has 0 saturated carbocycles. The van der Waals surface area contributed by atoms with E-state index in [1.165, 1.54) is 6.21 Å². The fraction of sp³-hybridized carbons (Fsp3) is 0.385. The summed E-state index contributed by atoms with van der Waals surface area (Å²) in [5.41, 5.74) is 0.594. The molecule has 0 spiro atoms. The molecule has 1 N–H and O–H groups in total. The highest BCUT2D eigenvalue weighted by atomic mass is 79.9. The molecular formula is C13H15Br2NO5. The van der Waals surface area contributed by atoms with Gasteiger partial charge in [0.2, 0.25) is 0 Å². The number of hydrogen-bond acceptors (Lipinski definition) is 6. The van der Waals surface area contributed by atoms with Gasteiger partial charge in [-0.1, -0.05) is 5.16 Å². The Morgan fingerprint density at radius 1 is 1.29 bits per heavy atom. The van der Waals surface area contributed by atoms with Gasteiger partial charge in [0.1, 0.15) is 0 Å². The third-order valence-corrected chi connectivity index (χ3v) is 4.44. The Labute approximate surface area is 139 Å². The normalized spacial score (nSPS) is 10.7. The maximum atomic E-state index is 11.4. The van der Waals surface area contributed by atoms with Crippen LogP contribution in [0.2, 0.25) is 0 Å². The van der Waals surface area contributed by atoms with E-state index in [1.54, 1.807) is 13.0 Å². The van der Waals surface area contributed by atoms with Crippen molar-refractivity contribution >= 4 is 44.0 Å². The molecule has 1 rings (SSSR count). The van der Waals surface area contributed by atoms with Crippen LogP contribution in [0.5, 0.6) is 11.5 Å². The van der Waals surface area contributed by atoms with Gasteiger partial charge >= 0.3 is 5.97 Å². The van der Waals surface area contributed by atoms with Gasteiger partial charge < -0.3 is 19.4 Å². The third-order valence-electron chi connectivity index (χ3n) is 2.29. The van der Waals surface area contributed by atoms with Crippen LogP contribution in [0.25, 0.3) is 0 Å². The Morgan fingerprint density at radius 2 is 2.00 bits per heavy atom. The molecule has 0 bridgehead atoms. The zero-order valence-electron chi connectivity index (χ0n) is 11.6. The molecule has 0 aliphatic carbocycles. The highest BCUT2D eigenvalue weighted by molar-refractivity contribution is 9.13. The fourth-order valence-corrected chi connectivity index (χ4v) is 2.43. The van der Waals surface area contributed by atoms with E-state index in [1.807, 2.05) is 6.92 Å². The molecular weight excluding hydrogens is 410 g/mol. The number of ether oxygens (including phenoxy) is 3. The SMILES string of the molecule is CCOC(=O)COc1c(OCC)cc(/C=N/O)c(Br)c1Br. The average Bonchev–Trinajstić information content (AvgIpc) is 2.45. The van der Waals surface area contributed by atoms with Crippen LogP contribution in [0.15, 0.2) is 20.2 Å². The summed E-state index contributed by atoms with van der Waals surface area (Å²) < 4.78 is 16.9. The minimum absolute atomic E-state index is 0.230. The minimum Gasteiger partial charge on any atom is -0.490 e. The number of carbonyl (C=O) groups is 1. The van der Waals surface area contributed by atoms with E-state index in [4.69, 9.17) is 19.4 Å². The molecule has 1 aromatic rings. The summed E-state index contributed by atoms with van der Waals surface area (Å²) in [5.74, 6) is 0.322. The summed E-state index contributed by atoms with van der Waals surface area (Å²) >= 11 is 6.72. The van der Waals surface area contributed by atoms with Crippen LogP contribution < -0.4 is 9.47 Å². The van der Waals surface area contributed by atoms with Crippen molar-refractivity contribution in [3.05, 3.63) is 20.6 Å². The Balaban J connectivity index is 3.10. The van der Waals surface area contributed by atoms with Crippen molar-refractivity contribution in [1.82, 2.24) is 0 Å². The first-order chi connectivity index (χ1) is 10.0. The molecule has 0 aromatic heterocycles. The molecule has 8 heteroatoms. The summed E-state index contributed by atoms with van der Waals surface area (Å²) in [7, 11) is 0. The second kappa shape index (κ2) is 8.89. The fourth-order valence-electron chi connectivity index (χ4n) is 1.49. The van der Waals surface area contributed by atoms with Gasteiger partial charge in [-0.05, 0) is 51.8 Å². The lowest BCUT2D eigenvalue weighted by molar-refractivity contribution is -0.145. The first-order valence-electron chi connectivity index (χ1n) is 6.15. The first kappa shape index (κ1) is 17.8. The van der Waals surface area contributed by atoms with E-state index >= 15 is 0 Å². The van der Waals surface area contributed by atoms with Gasteiger partial charge in [0.25, 0.3) is 0 Å². The van der Waals surface area contributed by atoms with E-state index in [2.05, 4.69) is 37.0 Å². The molecule has 0 radical (unpaired) electrons. The smallest absolute Gasteiger partial charge is 0.344 e. The zero-order valence-corrected chi connectivity index (χ0v) is 14.7. The highest BCUT2D eigenvalue weighted by Gasteiger charge is 2.18. The van der Waals surface area contributed by atoms with E-state index < -0.39 is 5.97 Å². The van der Waals surface area contributed by atoms with Crippen LogP contribution in [-0.4, -0.2) is 37.2 Å². The van der Waals surface area contributed by atoms with Crippen LogP contribution in [0.3, 0.4) is 0 Å². The van der Waals surface area contributed by atoms with Gasteiger partial charge in [-0.25, -0.2) is 4.79 Å². The van der Waals surface area contributed by atoms with Crippen molar-refractivity contribution in [1.29, 1.82) is 0 Å². The number of rotatable bonds is 7. The van der Waals surface area contributed by atoms with Crippen molar-refractivity contribution in [3.63, 3.8) is 0 Å². The molecule has 116 valence electrons. The second-order valence-corrected chi connectivity index (χ2v) is 5.28. The van der Waals surface area contributed by atoms with E-state index in [0.717, 1.165) is 0 Å². The van der Waals surface area contributed by atoms with Gasteiger partial charge in [0.15, 0.2) is 18.1 Å². The minimum atomic E-state index is -0.469. The Bertz CT molecular complexity index is 534. The standard InChI is InChI=1S/C13H15Br2NO5/c1-3-19-9-5-8(6-16-18)11(14)12(15)13(9)21-7-10(17)20-4-2/h5-6,18H,3-4,7H2,1-2H3/b16-6+. The highest BCUT2D eigenvalue weighted by Crippen LogP contribution is 2.42. The van der Waals surface area contributed by atoms with Gasteiger partial charge in [0.05, 0.1) is 23.9 Å². The molecule has 0 aliphatic heterocycles. The van der Waals surface area contributed by atoms with E-state index in [0.29, 0.717) is 32.6 Å². The average molecular weight is 425 g/mol. The quantitative estimate of drug-likeness (QED) is 0.314. The lowest BCUT2D eigenvalue weighted by Gasteiger charge is -2.15. The molecule has 0 unspecified atom stereocenters. The Kier molecular flexibility index (Phi) is 7.52. The number of esters is 1. The molecule has 21 heavy (non-hydrogen) atoms. The molecule has 0 aliphatic rings. The van der Waals surface area contributed by atoms with Crippen LogP contribution in [0.4, 0.5) is 0 Å². The predicted molar refractivity (Wildman–Crippen MR) is 84.5 cm³/mol. The molecule has 0 fully saturated rings. The summed E-state index contributed by atoms with van der Waals surface area (Å²) in [6.07, 6.45) is 1.26. The summed E-state index contributed by atoms with van der Waals surface area (Å²) in [6.45, 7) is 4.02. The van der Waals surface area contributed by atoms with Gasteiger partial charge in [-0.3, -0.25) is 0 Å². The van der Waals surface area contributed by atoms with Crippen molar-refractivity contribution in [2.45, 2.75) is 13.8 Å². The first-order valence-corrected chi connectivity index (χ1v) is 7.74. The van der Waals surface area contributed by atoms with Crippen molar-refractivity contribution in [2.75, 3.05) is 19.8 Å². The van der Waals surface area contributed by atoms with Crippen molar-refractivity contribution in [3.8, 4) is 11.5 Å². The third kappa shape index (κ3) is 4.89. The van der Waals surface area contributed by atoms with Crippen LogP contribution in [-0.2, 0) is 9.53 Å². The van der Waals surface area contributed by atoms with Gasteiger partial charge in [-0.15, -0.1) is 0 Å². The van der Waals surface area contributed by atoms with Crippen LogP contribution in [0.1, 0.15) is 19.4 Å². The molecule has 0 heterocycles. The molecule has 1 aromatic carbocycles. The predicted octanol–water partition coefficient (Wildman–Crippen LogP) is 3.36. The maximum absolute atomic E-state index is 11.4. The lowest BCUT2D eigenvalue weighted by Crippen LogP contribution is -2.15. The van der Waals surface area contributed by atoms with Gasteiger partial charge in [0, 0.05) is 10.0 Å². The summed E-state index contributed by atoms with van der Waals surface area (Å²) in [6, 6.07) is 1.64. The molecule has 0 atom stereocenters. The molecule has 6 nitrogen and oxygen atoms in total. The number of carbonyl (C=O) groups excluding carboxylic acids is 1. The number of benzene rings is 1. The Morgan fingerprint density at radius 3 is 2.57 bits per heavy atom. The van der Waals surface area contributed by atoms with Crippen molar-refractivity contribution < 1.29 is 24.2 Å². The zero-order chi connectivity index (χ0) is 15.8. The van der Waals surface area contributed by atoms with Crippen LogP contribution in [0, 0.1) is 0 Å². The maximum Gasteiger partial charge on any atom is 0.344 e. The topological polar surface area (TPSA) is 77.4 Å². The monoisotopic (exact) mass is 423 g/mol. The Hall–Kier alpha value is -1.28. The number of halogens is 2. The van der Waals surface area contributed by atoms with Gasteiger partial charge in [-0.2, -0.15) is 0 Å². The van der Waals surface area contributed by atoms with Crippen molar-refractivity contribution in [2.24, 2.45) is 5.16 Å². The number of nitrogens with zero attached hydrogens (tertiary/aromatic N) is 1. The number of hydrogen-bond donors (Lipinski definition) is 1. The summed E-state index contributed by atoms with van der Waals surface area (Å²) in [4.78, 5) is 11.4.